The van der Waals surface area contributed by atoms with Gasteiger partial charge in [0.2, 0.25) is 0 Å². The molecule has 0 aliphatic carbocycles. The number of anilines is 1. The van der Waals surface area contributed by atoms with Crippen molar-refractivity contribution in [1.82, 2.24) is 0 Å². The molecule has 3 aromatic carbocycles. The van der Waals surface area contributed by atoms with E-state index in [0.717, 1.165) is 0 Å². The predicted molar refractivity (Wildman–Crippen MR) is 127 cm³/mol. The zero-order valence-electron chi connectivity index (χ0n) is 18.4. The van der Waals surface area contributed by atoms with Crippen molar-refractivity contribution >= 4 is 36.8 Å². The SMILES string of the molecule is COc1ccccc1S(=O)(=O)Nc1cc2cccc(OS(=O)(=O)c3ccccc3OC)c2oc1=O. The van der Waals surface area contributed by atoms with Gasteiger partial charge in [0.15, 0.2) is 11.3 Å². The minimum Gasteiger partial charge on any atom is -0.495 e. The van der Waals surface area contributed by atoms with E-state index >= 15 is 0 Å². The molecule has 4 rings (SSSR count). The number of methoxy groups -OCH3 is 2. The van der Waals surface area contributed by atoms with E-state index in [-0.39, 0.29) is 43.7 Å². The van der Waals surface area contributed by atoms with E-state index in [0.29, 0.717) is 0 Å². The van der Waals surface area contributed by atoms with E-state index < -0.39 is 25.8 Å². The number of rotatable bonds is 8. The molecule has 0 spiro atoms. The van der Waals surface area contributed by atoms with Gasteiger partial charge < -0.3 is 18.1 Å². The van der Waals surface area contributed by atoms with Crippen LogP contribution in [0.1, 0.15) is 0 Å². The molecule has 0 amide bonds. The van der Waals surface area contributed by atoms with Crippen LogP contribution in [-0.2, 0) is 20.1 Å². The summed E-state index contributed by atoms with van der Waals surface area (Å²) in [7, 11) is -5.92. The Morgan fingerprint density at radius 3 is 1.97 bits per heavy atom. The fourth-order valence-corrected chi connectivity index (χ4v) is 5.60. The highest BCUT2D eigenvalue weighted by Crippen LogP contribution is 2.32. The summed E-state index contributed by atoms with van der Waals surface area (Å²) >= 11 is 0. The smallest absolute Gasteiger partial charge is 0.360 e. The van der Waals surface area contributed by atoms with Gasteiger partial charge in [0.05, 0.1) is 14.2 Å². The number of sulfonamides is 1. The molecule has 0 atom stereocenters. The molecule has 0 unspecified atom stereocenters. The van der Waals surface area contributed by atoms with Crippen molar-refractivity contribution in [2.45, 2.75) is 9.79 Å². The Balaban J connectivity index is 1.73. The minimum absolute atomic E-state index is 0.0715. The number of benzene rings is 3. The normalized spacial score (nSPS) is 11.7. The molecule has 1 N–H and O–H groups in total. The Labute approximate surface area is 200 Å². The van der Waals surface area contributed by atoms with Gasteiger partial charge in [0.25, 0.3) is 10.0 Å². The van der Waals surface area contributed by atoms with Crippen LogP contribution in [0.5, 0.6) is 17.2 Å². The Bertz CT molecular complexity index is 1680. The first-order valence-corrected chi connectivity index (χ1v) is 12.9. The molecule has 35 heavy (non-hydrogen) atoms. The number of hydrogen-bond acceptors (Lipinski definition) is 9. The summed E-state index contributed by atoms with van der Waals surface area (Å²) in [4.78, 5) is 12.2. The first kappa shape index (κ1) is 24.1. The molecule has 0 saturated heterocycles. The highest BCUT2D eigenvalue weighted by atomic mass is 32.2. The molecular formula is C23H19NO9S2. The van der Waals surface area contributed by atoms with E-state index in [1.54, 1.807) is 12.1 Å². The quantitative estimate of drug-likeness (QED) is 0.275. The lowest BCUT2D eigenvalue weighted by Gasteiger charge is -2.13. The fourth-order valence-electron chi connectivity index (χ4n) is 3.28. The molecule has 0 radical (unpaired) electrons. The van der Waals surface area contributed by atoms with Gasteiger partial charge in [-0.25, -0.2) is 13.2 Å². The largest absolute Gasteiger partial charge is 0.495 e. The van der Waals surface area contributed by atoms with Crippen molar-refractivity contribution in [2.24, 2.45) is 0 Å². The second-order valence-corrected chi connectivity index (χ2v) is 10.2. The maximum absolute atomic E-state index is 12.9. The van der Waals surface area contributed by atoms with Crippen LogP contribution >= 0.6 is 0 Å². The summed E-state index contributed by atoms with van der Waals surface area (Å²) in [5.74, 6) is -0.103. The predicted octanol–water partition coefficient (Wildman–Crippen LogP) is 3.38. The molecule has 182 valence electrons. The maximum atomic E-state index is 12.9. The van der Waals surface area contributed by atoms with Crippen LogP contribution < -0.4 is 24.0 Å². The van der Waals surface area contributed by atoms with Crippen molar-refractivity contribution in [3.8, 4) is 17.2 Å². The highest BCUT2D eigenvalue weighted by Gasteiger charge is 2.25. The summed E-state index contributed by atoms with van der Waals surface area (Å²) in [5.41, 5.74) is -1.62. The monoisotopic (exact) mass is 517 g/mol. The van der Waals surface area contributed by atoms with Crippen LogP contribution in [-0.4, -0.2) is 31.1 Å². The fraction of sp³-hybridized carbons (Fsp3) is 0.0870. The summed E-state index contributed by atoms with van der Waals surface area (Å²) < 4.78 is 74.3. The van der Waals surface area contributed by atoms with Gasteiger partial charge in [-0.3, -0.25) is 4.72 Å². The lowest BCUT2D eigenvalue weighted by Crippen LogP contribution is -2.19. The average Bonchev–Trinajstić information content (AvgIpc) is 2.84. The van der Waals surface area contributed by atoms with Crippen LogP contribution in [0.4, 0.5) is 5.69 Å². The number of ether oxygens (including phenoxy) is 2. The third-order valence-corrected chi connectivity index (χ3v) is 7.54. The van der Waals surface area contributed by atoms with Crippen LogP contribution in [0.25, 0.3) is 11.0 Å². The zero-order valence-corrected chi connectivity index (χ0v) is 20.1. The number of nitrogens with one attached hydrogen (secondary N) is 1. The molecule has 10 nitrogen and oxygen atoms in total. The molecule has 0 aliphatic rings. The van der Waals surface area contributed by atoms with Crippen molar-refractivity contribution in [3.05, 3.63) is 83.2 Å². The van der Waals surface area contributed by atoms with E-state index in [9.17, 15) is 21.6 Å². The summed E-state index contributed by atoms with van der Waals surface area (Å²) in [6.45, 7) is 0. The summed E-state index contributed by atoms with van der Waals surface area (Å²) in [5, 5.41) is 0.218. The average molecular weight is 518 g/mol. The van der Waals surface area contributed by atoms with Crippen molar-refractivity contribution in [2.75, 3.05) is 18.9 Å². The van der Waals surface area contributed by atoms with Crippen LogP contribution in [0, 0.1) is 0 Å². The Kier molecular flexibility index (Phi) is 6.41. The van der Waals surface area contributed by atoms with Gasteiger partial charge in [0.1, 0.15) is 27.0 Å². The second-order valence-electron chi connectivity index (χ2n) is 7.07. The molecule has 0 fully saturated rings. The van der Waals surface area contributed by atoms with E-state index in [4.69, 9.17) is 18.1 Å². The van der Waals surface area contributed by atoms with Crippen molar-refractivity contribution in [3.63, 3.8) is 0 Å². The lowest BCUT2D eigenvalue weighted by molar-refractivity contribution is 0.398. The topological polar surface area (TPSA) is 138 Å². The first-order valence-electron chi connectivity index (χ1n) is 9.96. The Hall–Kier alpha value is -4.03. The van der Waals surface area contributed by atoms with Crippen molar-refractivity contribution < 1.29 is 34.9 Å². The van der Waals surface area contributed by atoms with Gasteiger partial charge in [0, 0.05) is 5.39 Å². The third-order valence-electron chi connectivity index (χ3n) is 4.86. The molecule has 0 aliphatic heterocycles. The third kappa shape index (κ3) is 4.79. The van der Waals surface area contributed by atoms with E-state index in [1.807, 2.05) is 0 Å². The van der Waals surface area contributed by atoms with E-state index in [1.165, 1.54) is 74.9 Å². The standard InChI is InChI=1S/C23H19NO9S2/c1-30-17-9-3-5-12-20(17)34(26,27)24-16-14-15-8-7-11-19(22(15)32-23(16)25)33-35(28,29)21-13-6-4-10-18(21)31-2/h3-14,24H,1-2H3. The summed E-state index contributed by atoms with van der Waals surface area (Å²) in [6.07, 6.45) is 0. The molecule has 1 aromatic heterocycles. The molecule has 0 saturated carbocycles. The molecule has 12 heteroatoms. The molecular weight excluding hydrogens is 498 g/mol. The van der Waals surface area contributed by atoms with Gasteiger partial charge in [-0.1, -0.05) is 36.4 Å². The van der Waals surface area contributed by atoms with Crippen LogP contribution in [0.2, 0.25) is 0 Å². The highest BCUT2D eigenvalue weighted by molar-refractivity contribution is 7.92. The Morgan fingerprint density at radius 1 is 0.743 bits per heavy atom. The summed E-state index contributed by atoms with van der Waals surface area (Å²) in [6, 6.07) is 17.2. The van der Waals surface area contributed by atoms with Gasteiger partial charge in [-0.05, 0) is 36.4 Å². The first-order chi connectivity index (χ1) is 16.7. The van der Waals surface area contributed by atoms with Gasteiger partial charge >= 0.3 is 15.7 Å². The molecule has 1 heterocycles. The lowest BCUT2D eigenvalue weighted by atomic mass is 10.2. The van der Waals surface area contributed by atoms with Crippen LogP contribution in [0.3, 0.4) is 0 Å². The van der Waals surface area contributed by atoms with E-state index in [2.05, 4.69) is 4.72 Å². The number of para-hydroxylation sites is 3. The minimum atomic E-state index is -4.36. The number of hydrogen-bond donors (Lipinski definition) is 1. The Morgan fingerprint density at radius 2 is 1.31 bits per heavy atom. The van der Waals surface area contributed by atoms with Crippen LogP contribution in [0.15, 0.2) is 91.8 Å². The second kappa shape index (κ2) is 9.31. The molecule has 4 aromatic rings. The van der Waals surface area contributed by atoms with Gasteiger partial charge in [-0.2, -0.15) is 8.42 Å². The zero-order chi connectivity index (χ0) is 25.2. The maximum Gasteiger partial charge on any atom is 0.360 e. The van der Waals surface area contributed by atoms with Gasteiger partial charge in [-0.15, -0.1) is 0 Å². The molecule has 0 bridgehead atoms. The van der Waals surface area contributed by atoms with Crippen molar-refractivity contribution in [1.29, 1.82) is 0 Å². The number of fused-ring (bicyclic) bond motifs is 1.